The quantitative estimate of drug-likeness (QED) is 0.156. The van der Waals surface area contributed by atoms with Crippen LogP contribution < -0.4 is 20.1 Å². The molecule has 0 radical (unpaired) electrons. The molecule has 1 amide bonds. The van der Waals surface area contributed by atoms with Crippen LogP contribution in [0, 0.1) is 5.92 Å². The first-order valence-corrected chi connectivity index (χ1v) is 16.2. The van der Waals surface area contributed by atoms with Crippen molar-refractivity contribution in [3.63, 3.8) is 0 Å². The van der Waals surface area contributed by atoms with Crippen molar-refractivity contribution < 1.29 is 23.0 Å². The number of hydrogen-bond acceptors (Lipinski definition) is 8. The largest absolute Gasteiger partial charge is 0.480 e. The molecular weight excluding hydrogens is 649 g/mol. The fraction of sp³-hybridized carbons (Fsp3) is 0.382. The van der Waals surface area contributed by atoms with Crippen molar-refractivity contribution in [3.8, 4) is 45.4 Å². The van der Waals surface area contributed by atoms with Crippen LogP contribution in [0.3, 0.4) is 0 Å². The first-order valence-electron chi connectivity index (χ1n) is 15.5. The number of methoxy groups -OCH3 is 2. The van der Waals surface area contributed by atoms with E-state index in [0.29, 0.717) is 74.5 Å². The summed E-state index contributed by atoms with van der Waals surface area (Å²) in [5.41, 5.74) is 4.97. The molecule has 6 rings (SSSR count). The van der Waals surface area contributed by atoms with Gasteiger partial charge in [0.15, 0.2) is 0 Å². The number of nitrogens with zero attached hydrogens (tertiary/aromatic N) is 4. The molecule has 2 fully saturated rings. The number of amides is 1. The van der Waals surface area contributed by atoms with Gasteiger partial charge >= 0.3 is 0 Å². The molecule has 47 heavy (non-hydrogen) atoms. The van der Waals surface area contributed by atoms with Gasteiger partial charge in [0, 0.05) is 53.2 Å². The molecule has 9 nitrogen and oxygen atoms in total. The first-order chi connectivity index (χ1) is 22.8. The zero-order chi connectivity index (χ0) is 33.1. The Balaban J connectivity index is 1.22. The average Bonchev–Trinajstić information content (AvgIpc) is 3.76. The van der Waals surface area contributed by atoms with E-state index in [9.17, 15) is 13.6 Å². The Morgan fingerprint density at radius 2 is 1.49 bits per heavy atom. The van der Waals surface area contributed by atoms with Crippen molar-refractivity contribution in [2.45, 2.75) is 63.6 Å². The van der Waals surface area contributed by atoms with Crippen molar-refractivity contribution >= 4 is 29.1 Å². The molecule has 1 saturated heterocycles. The highest BCUT2D eigenvalue weighted by Gasteiger charge is 2.43. The standard InChI is InChI=1S/C34H34Cl2F2N6O3/c1-46-33-24(11-3-6-18-12-13-29(45)42-18)39-15-26(43-33)21-9-4-7-19(30(21)35)20-8-5-10-22(31(20)36)27-16-41-28(34(44-27)47-2)17-40-25-14-23(25)32(37)38/h4-5,7-10,15-16,18,23,25,32,40H,3,6,11-14,17H2,1-2H3,(H,42,45)/t18-,23+,25-/m1/s1. The average molecular weight is 684 g/mol. The van der Waals surface area contributed by atoms with Gasteiger partial charge in [-0.3, -0.25) is 14.8 Å². The fourth-order valence-electron chi connectivity index (χ4n) is 5.91. The van der Waals surface area contributed by atoms with E-state index in [1.54, 1.807) is 19.5 Å². The Morgan fingerprint density at radius 3 is 2.02 bits per heavy atom. The summed E-state index contributed by atoms with van der Waals surface area (Å²) >= 11 is 14.0. The summed E-state index contributed by atoms with van der Waals surface area (Å²) < 4.78 is 36.9. The molecular formula is C34H34Cl2F2N6O3. The molecule has 3 atom stereocenters. The Kier molecular flexibility index (Phi) is 10.1. The third-order valence-electron chi connectivity index (χ3n) is 8.60. The molecule has 3 heterocycles. The fourth-order valence-corrected chi connectivity index (χ4v) is 6.56. The van der Waals surface area contributed by atoms with Crippen molar-refractivity contribution in [3.05, 3.63) is 70.2 Å². The summed E-state index contributed by atoms with van der Waals surface area (Å²) in [6, 6.07) is 11.1. The van der Waals surface area contributed by atoms with Gasteiger partial charge in [-0.15, -0.1) is 0 Å². The topological polar surface area (TPSA) is 111 Å². The number of rotatable bonds is 13. The van der Waals surface area contributed by atoms with E-state index in [-0.39, 0.29) is 30.4 Å². The minimum Gasteiger partial charge on any atom is -0.480 e. The number of alkyl halides is 2. The van der Waals surface area contributed by atoms with Gasteiger partial charge in [0.2, 0.25) is 24.1 Å². The summed E-state index contributed by atoms with van der Waals surface area (Å²) in [7, 11) is 3.05. The molecule has 246 valence electrons. The lowest BCUT2D eigenvalue weighted by molar-refractivity contribution is -0.119. The van der Waals surface area contributed by atoms with E-state index in [1.165, 1.54) is 7.11 Å². The Hall–Kier alpha value is -3.93. The van der Waals surface area contributed by atoms with Crippen LogP contribution in [0.25, 0.3) is 33.6 Å². The number of hydrogen-bond donors (Lipinski definition) is 2. The lowest BCUT2D eigenvalue weighted by Gasteiger charge is -2.15. The predicted molar refractivity (Wildman–Crippen MR) is 176 cm³/mol. The highest BCUT2D eigenvalue weighted by molar-refractivity contribution is 6.39. The molecule has 1 saturated carbocycles. The molecule has 1 aliphatic carbocycles. The monoisotopic (exact) mass is 682 g/mol. The van der Waals surface area contributed by atoms with E-state index >= 15 is 0 Å². The number of benzene rings is 2. The zero-order valence-corrected chi connectivity index (χ0v) is 27.4. The summed E-state index contributed by atoms with van der Waals surface area (Å²) in [5, 5.41) is 6.97. The Labute approximate surface area is 281 Å². The normalized spacial score (nSPS) is 18.8. The molecule has 0 bridgehead atoms. The van der Waals surface area contributed by atoms with E-state index in [4.69, 9.17) is 37.7 Å². The molecule has 2 N–H and O–H groups in total. The van der Waals surface area contributed by atoms with Crippen LogP contribution in [0.15, 0.2) is 48.8 Å². The maximum absolute atomic E-state index is 12.9. The molecule has 1 aliphatic heterocycles. The van der Waals surface area contributed by atoms with Gasteiger partial charge in [-0.1, -0.05) is 59.6 Å². The van der Waals surface area contributed by atoms with Crippen LogP contribution in [-0.4, -0.2) is 58.6 Å². The molecule has 13 heteroatoms. The molecule has 2 aromatic carbocycles. The lowest BCUT2D eigenvalue weighted by atomic mass is 9.98. The first kappa shape index (κ1) is 33.0. The van der Waals surface area contributed by atoms with Gasteiger partial charge in [0.1, 0.15) is 11.4 Å². The smallest absolute Gasteiger partial charge is 0.242 e. The van der Waals surface area contributed by atoms with E-state index in [1.807, 2.05) is 36.4 Å². The van der Waals surface area contributed by atoms with Gasteiger partial charge in [-0.25, -0.2) is 18.7 Å². The minimum absolute atomic E-state index is 0.110. The maximum Gasteiger partial charge on any atom is 0.242 e. The Morgan fingerprint density at radius 1 is 0.915 bits per heavy atom. The van der Waals surface area contributed by atoms with Gasteiger partial charge in [0.25, 0.3) is 0 Å². The third kappa shape index (κ3) is 7.32. The number of aryl methyl sites for hydroxylation is 1. The zero-order valence-electron chi connectivity index (χ0n) is 25.9. The molecule has 0 unspecified atom stereocenters. The highest BCUT2D eigenvalue weighted by atomic mass is 35.5. The van der Waals surface area contributed by atoms with Crippen LogP contribution in [0.1, 0.15) is 43.5 Å². The second-order valence-electron chi connectivity index (χ2n) is 11.7. The van der Waals surface area contributed by atoms with Gasteiger partial charge in [0.05, 0.1) is 48.0 Å². The molecule has 0 spiro atoms. The summed E-state index contributed by atoms with van der Waals surface area (Å²) in [6.45, 7) is 0.259. The highest BCUT2D eigenvalue weighted by Crippen LogP contribution is 2.42. The van der Waals surface area contributed by atoms with E-state index < -0.39 is 12.3 Å². The minimum atomic E-state index is -2.34. The number of halogens is 4. The maximum atomic E-state index is 12.9. The number of aromatic nitrogens is 4. The molecule has 4 aromatic rings. The predicted octanol–water partition coefficient (Wildman–Crippen LogP) is 6.94. The van der Waals surface area contributed by atoms with Crippen LogP contribution in [0.5, 0.6) is 11.8 Å². The number of nitrogens with one attached hydrogen (secondary N) is 2. The van der Waals surface area contributed by atoms with Gasteiger partial charge < -0.3 is 20.1 Å². The SMILES string of the molecule is COc1nc(-c2cccc(-c3cccc(-c4cnc(CN[C@@H]5C[C@@H]5C(F)F)c(OC)n4)c3Cl)c2Cl)cnc1CCC[C@@H]1CCC(=O)N1. The van der Waals surface area contributed by atoms with E-state index in [2.05, 4.69) is 25.6 Å². The van der Waals surface area contributed by atoms with Crippen LogP contribution in [0.2, 0.25) is 10.0 Å². The summed E-state index contributed by atoms with van der Waals surface area (Å²) in [4.78, 5) is 30.0. The summed E-state index contributed by atoms with van der Waals surface area (Å²) in [5.74, 6) is 0.195. The lowest BCUT2D eigenvalue weighted by Crippen LogP contribution is -2.25. The van der Waals surface area contributed by atoms with Crippen molar-refractivity contribution in [2.75, 3.05) is 14.2 Å². The van der Waals surface area contributed by atoms with Crippen LogP contribution in [0.4, 0.5) is 8.78 Å². The summed E-state index contributed by atoms with van der Waals surface area (Å²) in [6.07, 6.45) is 5.21. The van der Waals surface area contributed by atoms with Crippen LogP contribution >= 0.6 is 23.2 Å². The van der Waals surface area contributed by atoms with Crippen molar-refractivity contribution in [2.24, 2.45) is 5.92 Å². The third-order valence-corrected chi connectivity index (χ3v) is 9.41. The van der Waals surface area contributed by atoms with E-state index in [0.717, 1.165) is 25.0 Å². The molecule has 2 aromatic heterocycles. The number of carbonyl (C=O) groups is 1. The number of carbonyl (C=O) groups excluding carboxylic acids is 1. The second kappa shape index (κ2) is 14.5. The van der Waals surface area contributed by atoms with Crippen molar-refractivity contribution in [1.29, 1.82) is 0 Å². The van der Waals surface area contributed by atoms with Gasteiger partial charge in [-0.05, 0) is 32.1 Å². The van der Waals surface area contributed by atoms with Crippen molar-refractivity contribution in [1.82, 2.24) is 30.6 Å². The van der Waals surface area contributed by atoms with Gasteiger partial charge in [-0.2, -0.15) is 0 Å². The number of ether oxygens (including phenoxy) is 2. The molecule has 2 aliphatic rings. The second-order valence-corrected chi connectivity index (χ2v) is 12.4. The Bertz CT molecular complexity index is 1780. The van der Waals surface area contributed by atoms with Crippen LogP contribution in [-0.2, 0) is 17.8 Å².